The number of nitrogens with two attached hydrogens (primary N) is 1. The average molecular weight is 260 g/mol. The van der Waals surface area contributed by atoms with Crippen molar-refractivity contribution >= 4 is 11.6 Å². The zero-order valence-corrected chi connectivity index (χ0v) is 10.6. The van der Waals surface area contributed by atoms with Crippen LogP contribution in [-0.4, -0.2) is 26.6 Å². The van der Waals surface area contributed by atoms with Gasteiger partial charge in [-0.2, -0.15) is 0 Å². The summed E-state index contributed by atoms with van der Waals surface area (Å²) in [6, 6.07) is 4.23. The minimum atomic E-state index is -0.305. The number of hydrogen-bond acceptors (Lipinski definition) is 4. The average Bonchev–Trinajstić information content (AvgIpc) is 2.84. The van der Waals surface area contributed by atoms with Gasteiger partial charge in [0.05, 0.1) is 11.9 Å². The summed E-state index contributed by atoms with van der Waals surface area (Å²) in [4.78, 5) is 16.0. The molecule has 100 valence electrons. The predicted octanol–water partition coefficient (Wildman–Crippen LogP) is 0.989. The van der Waals surface area contributed by atoms with Gasteiger partial charge in [-0.3, -0.25) is 4.79 Å². The van der Waals surface area contributed by atoms with Crippen molar-refractivity contribution in [1.29, 1.82) is 0 Å². The predicted molar refractivity (Wildman–Crippen MR) is 71.7 cm³/mol. The van der Waals surface area contributed by atoms with Crippen LogP contribution >= 0.6 is 0 Å². The SMILES string of the molecule is CC(Cn1ccnc1)NC(=O)c1cc(O)ccc1N. The van der Waals surface area contributed by atoms with E-state index in [2.05, 4.69) is 10.3 Å². The van der Waals surface area contributed by atoms with E-state index in [9.17, 15) is 9.90 Å². The number of nitrogen functional groups attached to an aromatic ring is 1. The van der Waals surface area contributed by atoms with Gasteiger partial charge in [0.25, 0.3) is 5.91 Å². The van der Waals surface area contributed by atoms with Crippen molar-refractivity contribution in [2.75, 3.05) is 5.73 Å². The second-order valence-electron chi connectivity index (χ2n) is 4.41. The highest BCUT2D eigenvalue weighted by atomic mass is 16.3. The Balaban J connectivity index is 2.02. The van der Waals surface area contributed by atoms with Crippen LogP contribution in [0, 0.1) is 0 Å². The molecule has 0 bridgehead atoms. The molecule has 19 heavy (non-hydrogen) atoms. The molecule has 0 aliphatic carbocycles. The summed E-state index contributed by atoms with van der Waals surface area (Å²) in [5.74, 6) is -0.289. The second kappa shape index (κ2) is 5.43. The fourth-order valence-corrected chi connectivity index (χ4v) is 1.80. The van der Waals surface area contributed by atoms with Crippen LogP contribution in [0.15, 0.2) is 36.9 Å². The maximum absolute atomic E-state index is 12.0. The summed E-state index contributed by atoms with van der Waals surface area (Å²) >= 11 is 0. The van der Waals surface area contributed by atoms with Gasteiger partial charge in [0.15, 0.2) is 0 Å². The number of rotatable bonds is 4. The first-order valence-electron chi connectivity index (χ1n) is 5.91. The standard InChI is InChI=1S/C13H16N4O2/c1-9(7-17-5-4-15-8-17)16-13(19)11-6-10(18)2-3-12(11)14/h2-6,8-9,18H,7,14H2,1H3,(H,16,19). The van der Waals surface area contributed by atoms with Crippen LogP contribution in [0.25, 0.3) is 0 Å². The lowest BCUT2D eigenvalue weighted by atomic mass is 10.1. The van der Waals surface area contributed by atoms with Gasteiger partial charge in [-0.15, -0.1) is 0 Å². The lowest BCUT2D eigenvalue weighted by Gasteiger charge is -2.15. The number of carbonyl (C=O) groups is 1. The van der Waals surface area contributed by atoms with E-state index in [0.29, 0.717) is 12.2 Å². The molecular formula is C13H16N4O2. The van der Waals surface area contributed by atoms with Gasteiger partial charge in [0.1, 0.15) is 5.75 Å². The van der Waals surface area contributed by atoms with Crippen LogP contribution in [0.5, 0.6) is 5.75 Å². The van der Waals surface area contributed by atoms with Gasteiger partial charge < -0.3 is 20.7 Å². The third-order valence-electron chi connectivity index (χ3n) is 2.70. The summed E-state index contributed by atoms with van der Waals surface area (Å²) in [6.07, 6.45) is 5.19. The zero-order chi connectivity index (χ0) is 13.8. The smallest absolute Gasteiger partial charge is 0.253 e. The Hall–Kier alpha value is -2.50. The van der Waals surface area contributed by atoms with Crippen molar-refractivity contribution in [2.45, 2.75) is 19.5 Å². The van der Waals surface area contributed by atoms with Crippen molar-refractivity contribution in [3.8, 4) is 5.75 Å². The van der Waals surface area contributed by atoms with Gasteiger partial charge in [-0.25, -0.2) is 4.98 Å². The lowest BCUT2D eigenvalue weighted by molar-refractivity contribution is 0.0937. The van der Waals surface area contributed by atoms with Crippen molar-refractivity contribution in [3.63, 3.8) is 0 Å². The van der Waals surface area contributed by atoms with Crippen LogP contribution in [0.1, 0.15) is 17.3 Å². The number of phenolic OH excluding ortho intramolecular Hbond substituents is 1. The third kappa shape index (κ3) is 3.25. The lowest BCUT2D eigenvalue weighted by Crippen LogP contribution is -2.35. The summed E-state index contributed by atoms with van der Waals surface area (Å²) in [5, 5.41) is 12.2. The van der Waals surface area contributed by atoms with E-state index in [1.807, 2.05) is 17.7 Å². The number of amides is 1. The van der Waals surface area contributed by atoms with E-state index in [1.165, 1.54) is 18.2 Å². The van der Waals surface area contributed by atoms with Crippen molar-refractivity contribution < 1.29 is 9.90 Å². The number of aromatic nitrogens is 2. The molecule has 2 aromatic rings. The van der Waals surface area contributed by atoms with E-state index in [0.717, 1.165) is 0 Å². The van der Waals surface area contributed by atoms with E-state index < -0.39 is 0 Å². The highest BCUT2D eigenvalue weighted by Gasteiger charge is 2.13. The number of hydrogen-bond donors (Lipinski definition) is 3. The number of benzene rings is 1. The van der Waals surface area contributed by atoms with Crippen LogP contribution in [0.2, 0.25) is 0 Å². The molecule has 1 heterocycles. The van der Waals surface area contributed by atoms with E-state index >= 15 is 0 Å². The Morgan fingerprint density at radius 1 is 1.58 bits per heavy atom. The molecule has 1 atom stereocenters. The maximum Gasteiger partial charge on any atom is 0.253 e. The summed E-state index contributed by atoms with van der Waals surface area (Å²) in [6.45, 7) is 2.50. The molecule has 0 aliphatic rings. The number of nitrogens with zero attached hydrogens (tertiary/aromatic N) is 2. The monoisotopic (exact) mass is 260 g/mol. The quantitative estimate of drug-likeness (QED) is 0.564. The van der Waals surface area contributed by atoms with Crippen molar-refractivity contribution in [1.82, 2.24) is 14.9 Å². The second-order valence-corrected chi connectivity index (χ2v) is 4.41. The molecule has 0 spiro atoms. The number of nitrogens with one attached hydrogen (secondary N) is 1. The molecule has 1 unspecified atom stereocenters. The first kappa shape index (κ1) is 12.9. The minimum absolute atomic E-state index is 0.0154. The van der Waals surface area contributed by atoms with Crippen molar-refractivity contribution in [2.24, 2.45) is 0 Å². The first-order chi connectivity index (χ1) is 9.06. The fourth-order valence-electron chi connectivity index (χ4n) is 1.80. The largest absolute Gasteiger partial charge is 0.508 e. The zero-order valence-electron chi connectivity index (χ0n) is 10.6. The van der Waals surface area contributed by atoms with Gasteiger partial charge in [-0.1, -0.05) is 0 Å². The summed E-state index contributed by atoms with van der Waals surface area (Å²) < 4.78 is 1.87. The van der Waals surface area contributed by atoms with Gasteiger partial charge in [0, 0.05) is 30.7 Å². The normalized spacial score (nSPS) is 12.1. The molecule has 1 aromatic heterocycles. The highest BCUT2D eigenvalue weighted by molar-refractivity contribution is 5.99. The molecule has 6 nitrogen and oxygen atoms in total. The molecule has 0 radical (unpaired) electrons. The summed E-state index contributed by atoms with van der Waals surface area (Å²) in [7, 11) is 0. The van der Waals surface area contributed by atoms with Gasteiger partial charge in [-0.05, 0) is 25.1 Å². The van der Waals surface area contributed by atoms with E-state index in [-0.39, 0.29) is 23.3 Å². The van der Waals surface area contributed by atoms with Crippen LogP contribution < -0.4 is 11.1 Å². The Labute approximate surface area is 110 Å². The van der Waals surface area contributed by atoms with Crippen LogP contribution in [0.3, 0.4) is 0 Å². The molecular weight excluding hydrogens is 244 g/mol. The molecule has 2 rings (SSSR count). The number of anilines is 1. The number of phenols is 1. The molecule has 0 fully saturated rings. The maximum atomic E-state index is 12.0. The summed E-state index contributed by atoms with van der Waals surface area (Å²) in [5.41, 5.74) is 6.33. The fraction of sp³-hybridized carbons (Fsp3) is 0.231. The Bertz CT molecular complexity index is 566. The third-order valence-corrected chi connectivity index (χ3v) is 2.70. The Morgan fingerprint density at radius 3 is 3.05 bits per heavy atom. The molecule has 0 saturated heterocycles. The van der Waals surface area contributed by atoms with Crippen molar-refractivity contribution in [3.05, 3.63) is 42.5 Å². The molecule has 1 aromatic carbocycles. The number of aromatic hydroxyl groups is 1. The van der Waals surface area contributed by atoms with Crippen LogP contribution in [-0.2, 0) is 6.54 Å². The molecule has 0 aliphatic heterocycles. The minimum Gasteiger partial charge on any atom is -0.508 e. The van der Waals surface area contributed by atoms with Gasteiger partial charge in [0.2, 0.25) is 0 Å². The topological polar surface area (TPSA) is 93.2 Å². The van der Waals surface area contributed by atoms with Gasteiger partial charge >= 0.3 is 0 Å². The molecule has 0 saturated carbocycles. The van der Waals surface area contributed by atoms with E-state index in [1.54, 1.807) is 12.5 Å². The molecule has 1 amide bonds. The first-order valence-corrected chi connectivity index (χ1v) is 5.91. The number of carbonyl (C=O) groups excluding carboxylic acids is 1. The molecule has 6 heteroatoms. The number of imidazole rings is 1. The van der Waals surface area contributed by atoms with Crippen LogP contribution in [0.4, 0.5) is 5.69 Å². The molecule has 4 N–H and O–H groups in total. The highest BCUT2D eigenvalue weighted by Crippen LogP contribution is 2.18. The Kier molecular flexibility index (Phi) is 3.70. The Morgan fingerprint density at radius 2 is 2.37 bits per heavy atom. The van der Waals surface area contributed by atoms with E-state index in [4.69, 9.17) is 5.73 Å².